The molecular formula is C19H29N4O4+. The molecule has 1 aliphatic carbocycles. The Hall–Kier alpha value is -2.22. The zero-order chi connectivity index (χ0) is 19.6. The van der Waals surface area contributed by atoms with Gasteiger partial charge >= 0.3 is 6.03 Å². The average molecular weight is 377 g/mol. The molecule has 1 saturated carbocycles. The molecule has 148 valence electrons. The van der Waals surface area contributed by atoms with E-state index < -0.39 is 11.9 Å². The third kappa shape index (κ3) is 3.76. The van der Waals surface area contributed by atoms with E-state index >= 15 is 0 Å². The van der Waals surface area contributed by atoms with Crippen molar-refractivity contribution in [1.82, 2.24) is 15.1 Å². The molecule has 2 aliphatic heterocycles. The highest BCUT2D eigenvalue weighted by atomic mass is 16.5. The van der Waals surface area contributed by atoms with Gasteiger partial charge in [-0.15, -0.1) is 0 Å². The molecule has 0 aromatic rings. The first-order valence-electron chi connectivity index (χ1n) is 9.67. The molecule has 8 nitrogen and oxygen atoms in total. The molecule has 1 unspecified atom stereocenters. The van der Waals surface area contributed by atoms with Crippen LogP contribution < -0.4 is 5.32 Å². The van der Waals surface area contributed by atoms with Gasteiger partial charge in [0.05, 0.1) is 13.7 Å². The van der Waals surface area contributed by atoms with Crippen LogP contribution in [-0.2, 0) is 14.3 Å². The summed E-state index contributed by atoms with van der Waals surface area (Å²) in [6.45, 7) is 0.789. The number of fused-ring (bicyclic) bond motifs is 1. The Morgan fingerprint density at radius 1 is 1.19 bits per heavy atom. The van der Waals surface area contributed by atoms with Crippen molar-refractivity contribution < 1.29 is 23.7 Å². The maximum atomic E-state index is 13.0. The summed E-state index contributed by atoms with van der Waals surface area (Å²) in [7, 11) is 4.68. The van der Waals surface area contributed by atoms with Gasteiger partial charge in [-0.05, 0) is 18.9 Å². The fourth-order valence-corrected chi connectivity index (χ4v) is 4.11. The van der Waals surface area contributed by atoms with E-state index in [-0.39, 0.29) is 17.9 Å². The summed E-state index contributed by atoms with van der Waals surface area (Å²) >= 11 is 0. The van der Waals surface area contributed by atoms with Crippen molar-refractivity contribution in [2.45, 2.75) is 44.6 Å². The Kier molecular flexibility index (Phi) is 5.94. The number of nitrogens with one attached hydrogen (secondary N) is 1. The molecule has 0 aromatic carbocycles. The first kappa shape index (κ1) is 19.5. The minimum absolute atomic E-state index is 0.163. The molecule has 1 atom stereocenters. The summed E-state index contributed by atoms with van der Waals surface area (Å²) in [5, 5.41) is 3.14. The van der Waals surface area contributed by atoms with Crippen LogP contribution in [-0.4, -0.2) is 78.5 Å². The number of ether oxygens (including phenoxy) is 1. The van der Waals surface area contributed by atoms with Gasteiger partial charge in [0, 0.05) is 20.2 Å². The van der Waals surface area contributed by atoms with E-state index in [1.807, 2.05) is 0 Å². The van der Waals surface area contributed by atoms with E-state index in [0.29, 0.717) is 24.7 Å². The van der Waals surface area contributed by atoms with Crippen LogP contribution in [0.2, 0.25) is 0 Å². The second kappa shape index (κ2) is 8.21. The number of hydrogen-bond acceptors (Lipinski definition) is 4. The SMILES string of the molecule is COCC[N+]1=C2C(C=C1C(=O)NC1CCCCCC1)C(=O)N(C)C(=O)N2C. The van der Waals surface area contributed by atoms with Crippen LogP contribution in [0, 0.1) is 5.92 Å². The quantitative estimate of drug-likeness (QED) is 0.571. The standard InChI is InChI=1S/C19H28N4O4/c1-21-17-14(18(25)22(2)19(21)26)12-15(23(17)10-11-27-3)16(24)20-13-8-6-4-5-7-9-13/h12-14H,4-11H2,1-3H3/p+1. The number of hydrogen-bond donors (Lipinski definition) is 1. The van der Waals surface area contributed by atoms with Crippen LogP contribution in [0.1, 0.15) is 38.5 Å². The fourth-order valence-electron chi connectivity index (χ4n) is 4.11. The van der Waals surface area contributed by atoms with Crippen molar-refractivity contribution in [3.8, 4) is 0 Å². The van der Waals surface area contributed by atoms with Crippen molar-refractivity contribution >= 4 is 23.7 Å². The van der Waals surface area contributed by atoms with Crippen molar-refractivity contribution in [2.24, 2.45) is 5.92 Å². The summed E-state index contributed by atoms with van der Waals surface area (Å²) in [6.07, 6.45) is 8.31. The van der Waals surface area contributed by atoms with E-state index in [1.54, 1.807) is 24.8 Å². The van der Waals surface area contributed by atoms with Crippen LogP contribution in [0.3, 0.4) is 0 Å². The lowest BCUT2D eigenvalue weighted by molar-refractivity contribution is -0.476. The molecule has 2 fully saturated rings. The Balaban J connectivity index is 1.88. The fraction of sp³-hybridized carbons (Fsp3) is 0.684. The van der Waals surface area contributed by atoms with Crippen molar-refractivity contribution in [1.29, 1.82) is 0 Å². The first-order valence-corrected chi connectivity index (χ1v) is 9.67. The molecule has 0 bridgehead atoms. The molecule has 4 amide bonds. The van der Waals surface area contributed by atoms with Gasteiger partial charge in [-0.1, -0.05) is 25.7 Å². The summed E-state index contributed by atoms with van der Waals surface area (Å²) < 4.78 is 6.93. The molecule has 0 aromatic heterocycles. The Morgan fingerprint density at radius 2 is 1.85 bits per heavy atom. The molecular weight excluding hydrogens is 348 g/mol. The summed E-state index contributed by atoms with van der Waals surface area (Å²) in [5.41, 5.74) is 0.430. The van der Waals surface area contributed by atoms with Crippen molar-refractivity contribution in [2.75, 3.05) is 34.4 Å². The number of amidine groups is 1. The molecule has 3 rings (SSSR count). The monoisotopic (exact) mass is 377 g/mol. The lowest BCUT2D eigenvalue weighted by atomic mass is 10.0. The Labute approximate surface area is 159 Å². The van der Waals surface area contributed by atoms with E-state index in [4.69, 9.17) is 4.74 Å². The molecule has 3 aliphatic rings. The molecule has 27 heavy (non-hydrogen) atoms. The van der Waals surface area contributed by atoms with Crippen LogP contribution in [0.25, 0.3) is 0 Å². The number of carbonyl (C=O) groups excluding carboxylic acids is 3. The van der Waals surface area contributed by atoms with Crippen LogP contribution >= 0.6 is 0 Å². The van der Waals surface area contributed by atoms with Gasteiger partial charge in [0.15, 0.2) is 11.6 Å². The van der Waals surface area contributed by atoms with Gasteiger partial charge in [0.1, 0.15) is 6.54 Å². The number of methoxy groups -OCH3 is 1. The molecule has 8 heteroatoms. The lowest BCUT2D eigenvalue weighted by Gasteiger charge is -2.27. The van der Waals surface area contributed by atoms with Crippen molar-refractivity contribution in [3.63, 3.8) is 0 Å². The minimum atomic E-state index is -0.621. The maximum Gasteiger partial charge on any atom is 0.417 e. The zero-order valence-corrected chi connectivity index (χ0v) is 16.4. The lowest BCUT2D eigenvalue weighted by Crippen LogP contribution is -2.57. The third-order valence-electron chi connectivity index (χ3n) is 5.63. The second-order valence-electron chi connectivity index (χ2n) is 7.43. The summed E-state index contributed by atoms with van der Waals surface area (Å²) in [5.74, 6) is -0.584. The normalized spacial score (nSPS) is 24.1. The summed E-state index contributed by atoms with van der Waals surface area (Å²) in [4.78, 5) is 40.5. The molecule has 0 spiro atoms. The highest BCUT2D eigenvalue weighted by molar-refractivity contribution is 6.19. The number of amides is 4. The zero-order valence-electron chi connectivity index (χ0n) is 16.4. The number of rotatable bonds is 5. The van der Waals surface area contributed by atoms with Crippen LogP contribution in [0.15, 0.2) is 11.8 Å². The number of urea groups is 1. The predicted molar refractivity (Wildman–Crippen MR) is 99.1 cm³/mol. The Bertz CT molecular complexity index is 692. The third-order valence-corrected chi connectivity index (χ3v) is 5.63. The molecule has 1 N–H and O–H groups in total. The van der Waals surface area contributed by atoms with Crippen LogP contribution in [0.5, 0.6) is 0 Å². The first-order chi connectivity index (χ1) is 13.0. The van der Waals surface area contributed by atoms with Gasteiger partial charge in [0.25, 0.3) is 17.6 Å². The molecule has 0 radical (unpaired) electrons. The maximum absolute atomic E-state index is 13.0. The summed E-state index contributed by atoms with van der Waals surface area (Å²) in [6, 6.07) is -0.233. The second-order valence-corrected chi connectivity index (χ2v) is 7.43. The highest BCUT2D eigenvalue weighted by Gasteiger charge is 2.51. The van der Waals surface area contributed by atoms with Gasteiger partial charge in [-0.3, -0.25) is 9.59 Å². The van der Waals surface area contributed by atoms with Gasteiger partial charge in [0.2, 0.25) is 0 Å². The molecule has 2 heterocycles. The predicted octanol–water partition coefficient (Wildman–Crippen LogP) is 0.920. The molecule has 1 saturated heterocycles. The van der Waals surface area contributed by atoms with Crippen LogP contribution in [0.4, 0.5) is 4.79 Å². The Morgan fingerprint density at radius 3 is 2.48 bits per heavy atom. The van der Waals surface area contributed by atoms with Gasteiger partial charge in [-0.2, -0.15) is 4.90 Å². The largest absolute Gasteiger partial charge is 0.417 e. The smallest absolute Gasteiger partial charge is 0.381 e. The number of nitrogens with zero attached hydrogens (tertiary/aromatic N) is 3. The van der Waals surface area contributed by atoms with E-state index in [0.717, 1.165) is 30.6 Å². The minimum Gasteiger partial charge on any atom is -0.381 e. The van der Waals surface area contributed by atoms with E-state index in [1.165, 1.54) is 24.8 Å². The van der Waals surface area contributed by atoms with E-state index in [2.05, 4.69) is 5.32 Å². The number of carbonyl (C=O) groups is 3. The van der Waals surface area contributed by atoms with Crippen molar-refractivity contribution in [3.05, 3.63) is 11.8 Å². The number of imide groups is 1. The topological polar surface area (TPSA) is 82.0 Å². The van der Waals surface area contributed by atoms with Gasteiger partial charge < -0.3 is 10.1 Å². The van der Waals surface area contributed by atoms with E-state index in [9.17, 15) is 14.4 Å². The van der Waals surface area contributed by atoms with Gasteiger partial charge in [-0.25, -0.2) is 14.3 Å². The average Bonchev–Trinajstić information content (AvgIpc) is 2.85. The highest BCUT2D eigenvalue weighted by Crippen LogP contribution is 2.26.